The van der Waals surface area contributed by atoms with E-state index in [0.717, 1.165) is 52.5 Å². The van der Waals surface area contributed by atoms with Crippen LogP contribution in [-0.2, 0) is 14.3 Å². The Kier molecular flexibility index (Phi) is 11.8. The van der Waals surface area contributed by atoms with E-state index >= 15 is 0 Å². The van der Waals surface area contributed by atoms with Crippen LogP contribution >= 0.6 is 0 Å². The van der Waals surface area contributed by atoms with Crippen molar-refractivity contribution in [3.63, 3.8) is 0 Å². The highest BCUT2D eigenvalue weighted by atomic mass is 16.7. The van der Waals surface area contributed by atoms with E-state index in [1.54, 1.807) is 7.11 Å². The zero-order valence-corrected chi connectivity index (χ0v) is 26.6. The predicted molar refractivity (Wildman–Crippen MR) is 175 cm³/mol. The Bertz CT molecular complexity index is 1410. The van der Waals surface area contributed by atoms with Gasteiger partial charge in [0.05, 0.1) is 0 Å². The quantitative estimate of drug-likeness (QED) is 0.109. The standard InChI is InChI=1S/C37H45NO7/c1-4-34(30-14-19-35-36(20-30)44-25-43-35)37(29-12-17-32(18-13-29)42-24-40-3)28-10-15-31(16-11-28)41-23-33(45-26(2)39)22-38-21-27-8-6-5-7-9-27/h10-20,27,33,38H,4-9,21-25H2,1-3H3. The van der Waals surface area contributed by atoms with E-state index in [0.29, 0.717) is 18.2 Å². The van der Waals surface area contributed by atoms with Crippen LogP contribution in [0.3, 0.4) is 0 Å². The second-order valence-electron chi connectivity index (χ2n) is 11.6. The highest BCUT2D eigenvalue weighted by Crippen LogP contribution is 2.40. The fraction of sp³-hybridized carbons (Fsp3) is 0.432. The predicted octanol–water partition coefficient (Wildman–Crippen LogP) is 7.25. The summed E-state index contributed by atoms with van der Waals surface area (Å²) >= 11 is 0. The summed E-state index contributed by atoms with van der Waals surface area (Å²) in [6.07, 6.45) is 6.92. The third-order valence-electron chi connectivity index (χ3n) is 8.30. The van der Waals surface area contributed by atoms with Crippen LogP contribution in [0.4, 0.5) is 0 Å². The number of allylic oxidation sites excluding steroid dienone is 1. The zero-order chi connectivity index (χ0) is 31.4. The molecule has 1 atom stereocenters. The van der Waals surface area contributed by atoms with Gasteiger partial charge in [-0.15, -0.1) is 0 Å². The van der Waals surface area contributed by atoms with Gasteiger partial charge in [0, 0.05) is 20.6 Å². The van der Waals surface area contributed by atoms with Crippen molar-refractivity contribution >= 4 is 17.1 Å². The Morgan fingerprint density at radius 2 is 1.51 bits per heavy atom. The Morgan fingerprint density at radius 1 is 0.867 bits per heavy atom. The molecule has 8 nitrogen and oxygen atoms in total. The summed E-state index contributed by atoms with van der Waals surface area (Å²) in [5, 5.41) is 3.51. The van der Waals surface area contributed by atoms with Crippen LogP contribution in [0.25, 0.3) is 11.1 Å². The second-order valence-corrected chi connectivity index (χ2v) is 11.6. The Morgan fingerprint density at radius 3 is 2.16 bits per heavy atom. The van der Waals surface area contributed by atoms with Gasteiger partial charge in [-0.2, -0.15) is 0 Å². The van der Waals surface area contributed by atoms with E-state index < -0.39 is 0 Å². The van der Waals surface area contributed by atoms with E-state index in [-0.39, 0.29) is 32.3 Å². The van der Waals surface area contributed by atoms with Crippen LogP contribution < -0.4 is 24.3 Å². The summed E-state index contributed by atoms with van der Waals surface area (Å²) in [5.74, 6) is 3.36. The van der Waals surface area contributed by atoms with Crippen LogP contribution in [0.5, 0.6) is 23.0 Å². The first-order chi connectivity index (χ1) is 22.0. The van der Waals surface area contributed by atoms with Crippen molar-refractivity contribution < 1.29 is 33.2 Å². The molecule has 0 radical (unpaired) electrons. The molecule has 240 valence electrons. The minimum absolute atomic E-state index is 0.190. The summed E-state index contributed by atoms with van der Waals surface area (Å²) in [4.78, 5) is 11.8. The minimum Gasteiger partial charge on any atom is -0.490 e. The largest absolute Gasteiger partial charge is 0.490 e. The molecule has 1 N–H and O–H groups in total. The van der Waals surface area contributed by atoms with Gasteiger partial charge in [-0.1, -0.05) is 56.5 Å². The van der Waals surface area contributed by atoms with E-state index in [4.69, 9.17) is 28.4 Å². The van der Waals surface area contributed by atoms with E-state index in [2.05, 4.69) is 42.6 Å². The number of esters is 1. The average Bonchev–Trinajstić information content (AvgIpc) is 3.54. The van der Waals surface area contributed by atoms with Crippen molar-refractivity contribution in [2.45, 2.75) is 58.5 Å². The molecule has 0 amide bonds. The molecule has 0 bridgehead atoms. The second kappa shape index (κ2) is 16.3. The maximum atomic E-state index is 11.8. The molecule has 45 heavy (non-hydrogen) atoms. The third-order valence-corrected chi connectivity index (χ3v) is 8.30. The van der Waals surface area contributed by atoms with E-state index in [9.17, 15) is 4.79 Å². The molecule has 1 saturated carbocycles. The molecule has 1 fully saturated rings. The Balaban J connectivity index is 1.35. The lowest BCUT2D eigenvalue weighted by Gasteiger charge is -2.24. The fourth-order valence-corrected chi connectivity index (χ4v) is 6.09. The number of nitrogens with one attached hydrogen (secondary N) is 1. The molecule has 8 heteroatoms. The molecule has 1 aliphatic heterocycles. The lowest BCUT2D eigenvalue weighted by Crippen LogP contribution is -2.37. The molecule has 1 heterocycles. The maximum absolute atomic E-state index is 11.8. The first-order valence-corrected chi connectivity index (χ1v) is 16.0. The lowest BCUT2D eigenvalue weighted by atomic mass is 9.88. The van der Waals surface area contributed by atoms with Crippen LogP contribution in [-0.4, -0.2) is 52.5 Å². The monoisotopic (exact) mass is 615 g/mol. The van der Waals surface area contributed by atoms with Gasteiger partial charge in [-0.05, 0) is 96.0 Å². The summed E-state index contributed by atoms with van der Waals surface area (Å²) in [6, 6.07) is 22.2. The van der Waals surface area contributed by atoms with Gasteiger partial charge in [-0.3, -0.25) is 4.79 Å². The van der Waals surface area contributed by atoms with Gasteiger partial charge < -0.3 is 33.7 Å². The van der Waals surface area contributed by atoms with Gasteiger partial charge in [0.1, 0.15) is 24.2 Å². The van der Waals surface area contributed by atoms with Crippen molar-refractivity contribution in [3.05, 3.63) is 83.4 Å². The van der Waals surface area contributed by atoms with Crippen molar-refractivity contribution in [2.24, 2.45) is 5.92 Å². The summed E-state index contributed by atoms with van der Waals surface area (Å²) < 4.78 is 33.7. The highest BCUT2D eigenvalue weighted by Gasteiger charge is 2.20. The molecule has 3 aromatic carbocycles. The van der Waals surface area contributed by atoms with Gasteiger partial charge in [0.15, 0.2) is 18.3 Å². The number of benzene rings is 3. The fourth-order valence-electron chi connectivity index (χ4n) is 6.09. The van der Waals surface area contributed by atoms with E-state index in [1.807, 2.05) is 36.4 Å². The number of ether oxygens (including phenoxy) is 6. The smallest absolute Gasteiger partial charge is 0.303 e. The van der Waals surface area contributed by atoms with Crippen molar-refractivity contribution in [1.82, 2.24) is 5.32 Å². The van der Waals surface area contributed by atoms with E-state index in [1.165, 1.54) is 44.6 Å². The van der Waals surface area contributed by atoms with Crippen LogP contribution in [0, 0.1) is 5.92 Å². The number of hydrogen-bond donors (Lipinski definition) is 1. The molecule has 0 spiro atoms. The minimum atomic E-state index is -0.363. The summed E-state index contributed by atoms with van der Waals surface area (Å²) in [6.45, 7) is 5.82. The van der Waals surface area contributed by atoms with Crippen molar-refractivity contribution in [3.8, 4) is 23.0 Å². The molecule has 1 aliphatic carbocycles. The van der Waals surface area contributed by atoms with Crippen LogP contribution in [0.15, 0.2) is 66.7 Å². The maximum Gasteiger partial charge on any atom is 0.303 e. The van der Waals surface area contributed by atoms with Crippen molar-refractivity contribution in [1.29, 1.82) is 0 Å². The van der Waals surface area contributed by atoms with Crippen molar-refractivity contribution in [2.75, 3.05) is 40.4 Å². The normalized spacial score (nSPS) is 15.7. The number of hydrogen-bond acceptors (Lipinski definition) is 8. The summed E-state index contributed by atoms with van der Waals surface area (Å²) in [5.41, 5.74) is 5.45. The number of carbonyl (C=O) groups excluding carboxylic acids is 1. The number of methoxy groups -OCH3 is 1. The third kappa shape index (κ3) is 9.02. The SMILES string of the molecule is CCC(=C(c1ccc(OCOC)cc1)c1ccc(OCC(CNCC2CCCCC2)OC(C)=O)cc1)c1ccc2c(c1)OCO2. The number of fused-ring (bicyclic) bond motifs is 1. The van der Waals surface area contributed by atoms with Crippen LogP contribution in [0.2, 0.25) is 0 Å². The number of rotatable bonds is 15. The lowest BCUT2D eigenvalue weighted by molar-refractivity contribution is -0.147. The molecular formula is C37H45NO7. The molecule has 5 rings (SSSR count). The molecule has 1 unspecified atom stereocenters. The van der Waals surface area contributed by atoms with Gasteiger partial charge in [0.2, 0.25) is 6.79 Å². The van der Waals surface area contributed by atoms with Gasteiger partial charge >= 0.3 is 5.97 Å². The number of carbonyl (C=O) groups is 1. The Hall–Kier alpha value is -4.01. The van der Waals surface area contributed by atoms with Gasteiger partial charge in [-0.25, -0.2) is 0 Å². The molecule has 3 aromatic rings. The van der Waals surface area contributed by atoms with Gasteiger partial charge in [0.25, 0.3) is 0 Å². The highest BCUT2D eigenvalue weighted by molar-refractivity contribution is 5.99. The molecule has 0 saturated heterocycles. The molecule has 2 aliphatic rings. The van der Waals surface area contributed by atoms with Crippen LogP contribution in [0.1, 0.15) is 69.1 Å². The average molecular weight is 616 g/mol. The molecule has 0 aromatic heterocycles. The summed E-state index contributed by atoms with van der Waals surface area (Å²) in [7, 11) is 1.60. The Labute approximate surface area is 266 Å². The first-order valence-electron chi connectivity index (χ1n) is 16.0. The molecular weight excluding hydrogens is 570 g/mol. The zero-order valence-electron chi connectivity index (χ0n) is 26.6. The first kappa shape index (κ1) is 32.4. The topological polar surface area (TPSA) is 84.5 Å².